The summed E-state index contributed by atoms with van der Waals surface area (Å²) in [6.45, 7) is 4.75. The highest BCUT2D eigenvalue weighted by Crippen LogP contribution is 2.17. The Morgan fingerprint density at radius 3 is 2.61 bits per heavy atom. The normalized spacial score (nSPS) is 12.7. The zero-order valence-corrected chi connectivity index (χ0v) is 10.8. The van der Waals surface area contributed by atoms with Crippen molar-refractivity contribution in [1.29, 1.82) is 0 Å². The number of para-hydroxylation sites is 1. The number of nitrogens with zero attached hydrogens (tertiary/aromatic N) is 1. The van der Waals surface area contributed by atoms with Crippen molar-refractivity contribution in [2.24, 2.45) is 5.92 Å². The van der Waals surface area contributed by atoms with Crippen LogP contribution in [0.5, 0.6) is 0 Å². The fourth-order valence-corrected chi connectivity index (χ4v) is 1.80. The second-order valence-electron chi connectivity index (χ2n) is 4.62. The van der Waals surface area contributed by atoms with Crippen LogP contribution in [-0.2, 0) is 6.42 Å². The average molecular weight is 252 g/mol. The van der Waals surface area contributed by atoms with Crippen molar-refractivity contribution in [3.8, 4) is 0 Å². The molecule has 1 atom stereocenters. The molecule has 0 fully saturated rings. The van der Waals surface area contributed by atoms with Crippen LogP contribution in [0.25, 0.3) is 0 Å². The molecule has 1 unspecified atom stereocenters. The maximum Gasteiger partial charge on any atom is 0.272 e. The molecule has 0 amide bonds. The van der Waals surface area contributed by atoms with Crippen molar-refractivity contribution in [2.75, 3.05) is 13.2 Å². The Morgan fingerprint density at radius 1 is 1.39 bits per heavy atom. The first-order valence-corrected chi connectivity index (χ1v) is 6.12. The predicted octanol–water partition coefficient (Wildman–Crippen LogP) is 1.74. The van der Waals surface area contributed by atoms with Crippen LogP contribution in [0.1, 0.15) is 19.4 Å². The highest BCUT2D eigenvalue weighted by molar-refractivity contribution is 5.39. The smallest absolute Gasteiger partial charge is 0.272 e. The lowest BCUT2D eigenvalue weighted by molar-refractivity contribution is -0.385. The van der Waals surface area contributed by atoms with Gasteiger partial charge in [0.15, 0.2) is 0 Å². The number of nitrogens with one attached hydrogen (secondary N) is 1. The summed E-state index contributed by atoms with van der Waals surface area (Å²) >= 11 is 0. The van der Waals surface area contributed by atoms with Crippen molar-refractivity contribution < 1.29 is 10.0 Å². The topological polar surface area (TPSA) is 75.4 Å². The number of nitro groups is 1. The van der Waals surface area contributed by atoms with Crippen molar-refractivity contribution in [1.82, 2.24) is 5.32 Å². The van der Waals surface area contributed by atoms with E-state index < -0.39 is 0 Å². The van der Waals surface area contributed by atoms with Gasteiger partial charge in [0, 0.05) is 17.7 Å². The van der Waals surface area contributed by atoms with Crippen LogP contribution < -0.4 is 5.32 Å². The lowest BCUT2D eigenvalue weighted by Crippen LogP contribution is -2.38. The summed E-state index contributed by atoms with van der Waals surface area (Å²) in [6.07, 6.45) is 0.584. The van der Waals surface area contributed by atoms with E-state index in [9.17, 15) is 10.1 Å². The minimum Gasteiger partial charge on any atom is -0.395 e. The van der Waals surface area contributed by atoms with Gasteiger partial charge in [0.1, 0.15) is 0 Å². The monoisotopic (exact) mass is 252 g/mol. The van der Waals surface area contributed by atoms with Crippen molar-refractivity contribution in [3.63, 3.8) is 0 Å². The Hall–Kier alpha value is -1.46. The summed E-state index contributed by atoms with van der Waals surface area (Å²) in [7, 11) is 0. The highest BCUT2D eigenvalue weighted by Gasteiger charge is 2.14. The molecule has 5 heteroatoms. The van der Waals surface area contributed by atoms with Gasteiger partial charge >= 0.3 is 0 Å². The van der Waals surface area contributed by atoms with E-state index >= 15 is 0 Å². The van der Waals surface area contributed by atoms with Gasteiger partial charge in [-0.1, -0.05) is 32.0 Å². The lowest BCUT2D eigenvalue weighted by Gasteiger charge is -2.19. The first-order chi connectivity index (χ1) is 8.56. The van der Waals surface area contributed by atoms with Crippen molar-refractivity contribution in [3.05, 3.63) is 39.9 Å². The van der Waals surface area contributed by atoms with Crippen LogP contribution in [0.4, 0.5) is 5.69 Å². The van der Waals surface area contributed by atoms with E-state index in [1.807, 2.05) is 13.8 Å². The molecule has 0 saturated carbocycles. The molecule has 0 heterocycles. The van der Waals surface area contributed by atoms with Gasteiger partial charge in [0.2, 0.25) is 0 Å². The number of aliphatic hydroxyl groups is 1. The van der Waals surface area contributed by atoms with Gasteiger partial charge < -0.3 is 10.4 Å². The number of hydrogen-bond donors (Lipinski definition) is 2. The Labute approximate surface area is 107 Å². The lowest BCUT2D eigenvalue weighted by atomic mass is 10.0. The molecule has 100 valence electrons. The quantitative estimate of drug-likeness (QED) is 0.572. The number of nitro benzene ring substituents is 1. The van der Waals surface area contributed by atoms with Gasteiger partial charge in [-0.2, -0.15) is 0 Å². The van der Waals surface area contributed by atoms with E-state index in [4.69, 9.17) is 5.11 Å². The Balaban J connectivity index is 2.56. The van der Waals surface area contributed by atoms with Gasteiger partial charge in [-0.25, -0.2) is 0 Å². The molecule has 2 N–H and O–H groups in total. The number of hydrogen-bond acceptors (Lipinski definition) is 4. The molecule has 0 radical (unpaired) electrons. The largest absolute Gasteiger partial charge is 0.395 e. The van der Waals surface area contributed by atoms with Crippen molar-refractivity contribution >= 4 is 5.69 Å². The zero-order valence-electron chi connectivity index (χ0n) is 10.8. The second kappa shape index (κ2) is 7.08. The third kappa shape index (κ3) is 4.09. The summed E-state index contributed by atoms with van der Waals surface area (Å²) in [5.41, 5.74) is 0.875. The Bertz CT molecular complexity index is 394. The molecule has 0 aliphatic heterocycles. The average Bonchev–Trinajstić information content (AvgIpc) is 2.34. The van der Waals surface area contributed by atoms with Crippen LogP contribution in [0.2, 0.25) is 0 Å². The number of benzene rings is 1. The summed E-state index contributed by atoms with van der Waals surface area (Å²) < 4.78 is 0. The molecule has 5 nitrogen and oxygen atoms in total. The maximum atomic E-state index is 10.8. The molecule has 1 aromatic rings. The predicted molar refractivity (Wildman–Crippen MR) is 70.5 cm³/mol. The number of rotatable bonds is 7. The maximum absolute atomic E-state index is 10.8. The Morgan fingerprint density at radius 2 is 2.06 bits per heavy atom. The molecular formula is C13H20N2O3. The molecular weight excluding hydrogens is 232 g/mol. The van der Waals surface area contributed by atoms with E-state index in [1.165, 1.54) is 6.07 Å². The van der Waals surface area contributed by atoms with Gasteiger partial charge in [-0.05, 0) is 18.9 Å². The molecule has 0 aliphatic rings. The molecule has 1 rings (SSSR count). The summed E-state index contributed by atoms with van der Waals surface area (Å²) in [4.78, 5) is 10.5. The highest BCUT2D eigenvalue weighted by atomic mass is 16.6. The fourth-order valence-electron chi connectivity index (χ4n) is 1.80. The molecule has 0 saturated heterocycles. The van der Waals surface area contributed by atoms with Gasteiger partial charge in [-0.3, -0.25) is 10.1 Å². The van der Waals surface area contributed by atoms with Crippen LogP contribution in [0.15, 0.2) is 24.3 Å². The molecule has 18 heavy (non-hydrogen) atoms. The molecule has 0 spiro atoms. The van der Waals surface area contributed by atoms with E-state index in [0.717, 1.165) is 5.56 Å². The van der Waals surface area contributed by atoms with Crippen LogP contribution in [0, 0.1) is 16.0 Å². The van der Waals surface area contributed by atoms with Crippen molar-refractivity contribution in [2.45, 2.75) is 26.3 Å². The van der Waals surface area contributed by atoms with Crippen LogP contribution >= 0.6 is 0 Å². The van der Waals surface area contributed by atoms with E-state index in [0.29, 0.717) is 18.9 Å². The SMILES string of the molecule is CC(C)C(CO)NCCc1ccccc1[N+](=O)[O-]. The zero-order chi connectivity index (χ0) is 13.5. The minimum atomic E-state index is -0.360. The van der Waals surface area contributed by atoms with Crippen LogP contribution in [0.3, 0.4) is 0 Å². The van der Waals surface area contributed by atoms with E-state index in [2.05, 4.69) is 5.32 Å². The fraction of sp³-hybridized carbons (Fsp3) is 0.538. The summed E-state index contributed by atoms with van der Waals surface area (Å²) in [5, 5.41) is 23.2. The number of aliphatic hydroxyl groups excluding tert-OH is 1. The third-order valence-electron chi connectivity index (χ3n) is 2.99. The summed E-state index contributed by atoms with van der Waals surface area (Å²) in [6, 6.07) is 6.78. The molecule has 0 bridgehead atoms. The van der Waals surface area contributed by atoms with E-state index in [1.54, 1.807) is 18.2 Å². The first kappa shape index (κ1) is 14.6. The van der Waals surface area contributed by atoms with Crippen LogP contribution in [-0.4, -0.2) is 29.2 Å². The minimum absolute atomic E-state index is 0.0350. The molecule has 0 aromatic heterocycles. The third-order valence-corrected chi connectivity index (χ3v) is 2.99. The van der Waals surface area contributed by atoms with Gasteiger partial charge in [0.05, 0.1) is 11.5 Å². The summed E-state index contributed by atoms with van der Waals surface area (Å²) in [5.74, 6) is 0.334. The van der Waals surface area contributed by atoms with Gasteiger partial charge in [0.25, 0.3) is 5.69 Å². The molecule has 0 aliphatic carbocycles. The van der Waals surface area contributed by atoms with E-state index in [-0.39, 0.29) is 23.3 Å². The Kier molecular flexibility index (Phi) is 5.74. The standard InChI is InChI=1S/C13H20N2O3/c1-10(2)12(9-16)14-8-7-11-5-3-4-6-13(11)15(17)18/h3-6,10,12,14,16H,7-9H2,1-2H3. The molecule has 1 aromatic carbocycles. The second-order valence-corrected chi connectivity index (χ2v) is 4.62. The first-order valence-electron chi connectivity index (χ1n) is 6.12. The van der Waals surface area contributed by atoms with Gasteiger partial charge in [-0.15, -0.1) is 0 Å².